The summed E-state index contributed by atoms with van der Waals surface area (Å²) in [5.74, 6) is 0.308. The van der Waals surface area contributed by atoms with Crippen LogP contribution in [0.5, 0.6) is 5.75 Å². The van der Waals surface area contributed by atoms with Gasteiger partial charge in [-0.2, -0.15) is 11.3 Å². The molecule has 1 aromatic carbocycles. The minimum Gasteiger partial charge on any atom is -0.496 e. The van der Waals surface area contributed by atoms with Crippen LogP contribution in [0.3, 0.4) is 0 Å². The molecule has 1 amide bonds. The fourth-order valence-electron chi connectivity index (χ4n) is 1.50. The molecular weight excluding hydrogens is 222 g/mol. The molecule has 1 heterocycles. The van der Waals surface area contributed by atoms with E-state index in [0.29, 0.717) is 5.56 Å². The quantitative estimate of drug-likeness (QED) is 0.885. The number of hydrogen-bond donors (Lipinski definition) is 1. The molecule has 2 rings (SSSR count). The second-order valence-electron chi connectivity index (χ2n) is 3.29. The summed E-state index contributed by atoms with van der Waals surface area (Å²) in [6, 6.07) is 7.15. The molecule has 0 bridgehead atoms. The average Bonchev–Trinajstić information content (AvgIpc) is 2.81. The maximum Gasteiger partial charge on any atom is 0.248 e. The summed E-state index contributed by atoms with van der Waals surface area (Å²) >= 11 is 1.60. The van der Waals surface area contributed by atoms with Crippen LogP contribution in [-0.4, -0.2) is 13.0 Å². The normalized spacial score (nSPS) is 10.1. The van der Waals surface area contributed by atoms with Gasteiger partial charge in [-0.1, -0.05) is 0 Å². The zero-order chi connectivity index (χ0) is 11.5. The van der Waals surface area contributed by atoms with Gasteiger partial charge < -0.3 is 10.5 Å². The van der Waals surface area contributed by atoms with Crippen LogP contribution in [-0.2, 0) is 0 Å². The molecule has 16 heavy (non-hydrogen) atoms. The largest absolute Gasteiger partial charge is 0.496 e. The van der Waals surface area contributed by atoms with E-state index in [2.05, 4.69) is 0 Å². The molecule has 1 aromatic heterocycles. The van der Waals surface area contributed by atoms with E-state index in [0.717, 1.165) is 16.9 Å². The predicted octanol–water partition coefficient (Wildman–Crippen LogP) is 2.52. The first-order valence-corrected chi connectivity index (χ1v) is 5.67. The highest BCUT2D eigenvalue weighted by Crippen LogP contribution is 2.32. The molecule has 0 aliphatic heterocycles. The van der Waals surface area contributed by atoms with E-state index in [1.54, 1.807) is 36.6 Å². The molecule has 82 valence electrons. The monoisotopic (exact) mass is 233 g/mol. The number of ether oxygens (including phenoxy) is 1. The third-order valence-electron chi connectivity index (χ3n) is 2.32. The van der Waals surface area contributed by atoms with Crippen molar-refractivity contribution in [3.63, 3.8) is 0 Å². The van der Waals surface area contributed by atoms with Gasteiger partial charge in [-0.05, 0) is 40.6 Å². The average molecular weight is 233 g/mol. The summed E-state index contributed by atoms with van der Waals surface area (Å²) < 4.78 is 5.26. The zero-order valence-electron chi connectivity index (χ0n) is 8.77. The number of rotatable bonds is 3. The van der Waals surface area contributed by atoms with Crippen molar-refractivity contribution < 1.29 is 9.53 Å². The van der Waals surface area contributed by atoms with E-state index < -0.39 is 5.91 Å². The Balaban J connectivity index is 2.56. The van der Waals surface area contributed by atoms with Crippen LogP contribution in [0.1, 0.15) is 10.4 Å². The Morgan fingerprint density at radius 1 is 1.38 bits per heavy atom. The molecule has 0 aliphatic rings. The van der Waals surface area contributed by atoms with Gasteiger partial charge >= 0.3 is 0 Å². The highest BCUT2D eigenvalue weighted by atomic mass is 32.1. The molecule has 0 atom stereocenters. The lowest BCUT2D eigenvalue weighted by molar-refractivity contribution is 0.100. The SMILES string of the molecule is COc1ccc(C(N)=O)cc1-c1ccsc1. The Kier molecular flexibility index (Phi) is 2.92. The summed E-state index contributed by atoms with van der Waals surface area (Å²) in [6.07, 6.45) is 0. The van der Waals surface area contributed by atoms with Crippen LogP contribution in [0.4, 0.5) is 0 Å². The number of methoxy groups -OCH3 is 1. The van der Waals surface area contributed by atoms with Gasteiger partial charge in [0.15, 0.2) is 0 Å². The van der Waals surface area contributed by atoms with E-state index in [-0.39, 0.29) is 0 Å². The highest BCUT2D eigenvalue weighted by Gasteiger charge is 2.09. The van der Waals surface area contributed by atoms with E-state index in [1.165, 1.54) is 0 Å². The molecule has 3 nitrogen and oxygen atoms in total. The van der Waals surface area contributed by atoms with Gasteiger partial charge in [-0.25, -0.2) is 0 Å². The van der Waals surface area contributed by atoms with Crippen molar-refractivity contribution >= 4 is 17.2 Å². The second-order valence-corrected chi connectivity index (χ2v) is 4.07. The maximum absolute atomic E-state index is 11.1. The van der Waals surface area contributed by atoms with Gasteiger partial charge in [0.1, 0.15) is 5.75 Å². The fourth-order valence-corrected chi connectivity index (χ4v) is 2.16. The molecule has 0 spiro atoms. The van der Waals surface area contributed by atoms with Crippen molar-refractivity contribution in [3.8, 4) is 16.9 Å². The van der Waals surface area contributed by atoms with Crippen molar-refractivity contribution in [1.82, 2.24) is 0 Å². The van der Waals surface area contributed by atoms with Gasteiger partial charge in [0.05, 0.1) is 7.11 Å². The molecule has 4 heteroatoms. The standard InChI is InChI=1S/C12H11NO2S/c1-15-11-3-2-8(12(13)14)6-10(11)9-4-5-16-7-9/h2-7H,1H3,(H2,13,14). The van der Waals surface area contributed by atoms with Crippen LogP contribution < -0.4 is 10.5 Å². The number of primary amides is 1. The van der Waals surface area contributed by atoms with Crippen molar-refractivity contribution in [2.24, 2.45) is 5.73 Å². The van der Waals surface area contributed by atoms with Crippen LogP contribution >= 0.6 is 11.3 Å². The molecule has 2 N–H and O–H groups in total. The van der Waals surface area contributed by atoms with Crippen LogP contribution in [0, 0.1) is 0 Å². The molecule has 0 fully saturated rings. The number of benzene rings is 1. The molecule has 0 unspecified atom stereocenters. The third-order valence-corrected chi connectivity index (χ3v) is 3.00. The van der Waals surface area contributed by atoms with E-state index >= 15 is 0 Å². The number of amides is 1. The van der Waals surface area contributed by atoms with Gasteiger partial charge in [0.2, 0.25) is 5.91 Å². The van der Waals surface area contributed by atoms with E-state index in [9.17, 15) is 4.79 Å². The third kappa shape index (κ3) is 1.92. The number of nitrogens with two attached hydrogens (primary N) is 1. The molecule has 0 aliphatic carbocycles. The maximum atomic E-state index is 11.1. The van der Waals surface area contributed by atoms with Gasteiger partial charge in [0, 0.05) is 11.1 Å². The van der Waals surface area contributed by atoms with Crippen molar-refractivity contribution in [3.05, 3.63) is 40.6 Å². The first-order valence-electron chi connectivity index (χ1n) is 4.73. The Morgan fingerprint density at radius 3 is 2.75 bits per heavy atom. The fraction of sp³-hybridized carbons (Fsp3) is 0.0833. The molecular formula is C12H11NO2S. The number of carbonyl (C=O) groups excluding carboxylic acids is 1. The summed E-state index contributed by atoms with van der Waals surface area (Å²) in [4.78, 5) is 11.1. The topological polar surface area (TPSA) is 52.3 Å². The number of hydrogen-bond acceptors (Lipinski definition) is 3. The number of carbonyl (C=O) groups is 1. The summed E-state index contributed by atoms with van der Waals surface area (Å²) in [7, 11) is 1.61. The lowest BCUT2D eigenvalue weighted by Gasteiger charge is -2.08. The Bertz CT molecular complexity index is 506. The lowest BCUT2D eigenvalue weighted by atomic mass is 10.0. The van der Waals surface area contributed by atoms with Crippen LogP contribution in [0.15, 0.2) is 35.0 Å². The Labute approximate surface area is 97.5 Å². The molecule has 2 aromatic rings. The first-order chi connectivity index (χ1) is 7.72. The second kappa shape index (κ2) is 4.37. The first kappa shape index (κ1) is 10.7. The van der Waals surface area contributed by atoms with Crippen molar-refractivity contribution in [2.45, 2.75) is 0 Å². The number of thiophene rings is 1. The Morgan fingerprint density at radius 2 is 2.19 bits per heavy atom. The van der Waals surface area contributed by atoms with Gasteiger partial charge in [-0.3, -0.25) is 4.79 Å². The Hall–Kier alpha value is -1.81. The summed E-state index contributed by atoms with van der Waals surface area (Å²) in [5.41, 5.74) is 7.66. The van der Waals surface area contributed by atoms with Crippen LogP contribution in [0.2, 0.25) is 0 Å². The molecule has 0 radical (unpaired) electrons. The van der Waals surface area contributed by atoms with Crippen molar-refractivity contribution in [1.29, 1.82) is 0 Å². The van der Waals surface area contributed by atoms with Crippen LogP contribution in [0.25, 0.3) is 11.1 Å². The summed E-state index contributed by atoms with van der Waals surface area (Å²) in [6.45, 7) is 0. The zero-order valence-corrected chi connectivity index (χ0v) is 9.58. The van der Waals surface area contributed by atoms with Gasteiger partial charge in [0.25, 0.3) is 0 Å². The van der Waals surface area contributed by atoms with Crippen molar-refractivity contribution in [2.75, 3.05) is 7.11 Å². The van der Waals surface area contributed by atoms with E-state index in [4.69, 9.17) is 10.5 Å². The predicted molar refractivity (Wildman–Crippen MR) is 64.8 cm³/mol. The highest BCUT2D eigenvalue weighted by molar-refractivity contribution is 7.08. The van der Waals surface area contributed by atoms with E-state index in [1.807, 2.05) is 16.8 Å². The van der Waals surface area contributed by atoms with Gasteiger partial charge in [-0.15, -0.1) is 0 Å². The molecule has 0 saturated carbocycles. The minimum atomic E-state index is -0.431. The smallest absolute Gasteiger partial charge is 0.248 e. The lowest BCUT2D eigenvalue weighted by Crippen LogP contribution is -2.10. The summed E-state index contributed by atoms with van der Waals surface area (Å²) in [5, 5.41) is 3.98. The minimum absolute atomic E-state index is 0.431. The molecule has 0 saturated heterocycles.